The molecular weight excluding hydrogens is 182 g/mol. The first-order chi connectivity index (χ1) is 6.44. The third-order valence-electron chi connectivity index (χ3n) is 2.30. The van der Waals surface area contributed by atoms with Crippen LogP contribution in [0.15, 0.2) is 0 Å². The number of aliphatic hydroxyl groups is 1. The largest absolute Gasteiger partial charge is 0.468 e. The Kier molecular flexibility index (Phi) is 3.50. The van der Waals surface area contributed by atoms with Crippen molar-refractivity contribution in [3.05, 3.63) is 0 Å². The molecule has 0 radical (unpaired) electrons. The van der Waals surface area contributed by atoms with Crippen LogP contribution in [0.5, 0.6) is 0 Å². The summed E-state index contributed by atoms with van der Waals surface area (Å²) < 4.78 is 4.70. The summed E-state index contributed by atoms with van der Waals surface area (Å²) in [7, 11) is 1.39. The van der Waals surface area contributed by atoms with Gasteiger partial charge in [0.25, 0.3) is 0 Å². The van der Waals surface area contributed by atoms with Crippen molar-refractivity contribution in [2.75, 3.05) is 13.7 Å². The van der Waals surface area contributed by atoms with E-state index in [1.54, 1.807) is 13.8 Å². The quantitative estimate of drug-likeness (QED) is 0.628. The van der Waals surface area contributed by atoms with Crippen LogP contribution in [0.3, 0.4) is 0 Å². The number of hydrogen-bond donors (Lipinski definition) is 2. The second-order valence-corrected chi connectivity index (χ2v) is 4.53. The van der Waals surface area contributed by atoms with Gasteiger partial charge in [0.15, 0.2) is 0 Å². The van der Waals surface area contributed by atoms with Crippen molar-refractivity contribution in [3.63, 3.8) is 0 Å². The maximum Gasteiger partial charge on any atom is 0.323 e. The number of esters is 1. The molecule has 0 aromatic rings. The highest BCUT2D eigenvalue weighted by molar-refractivity contribution is 5.76. The minimum absolute atomic E-state index is 0.225. The lowest BCUT2D eigenvalue weighted by molar-refractivity contribution is -0.143. The smallest absolute Gasteiger partial charge is 0.323 e. The molecule has 0 heterocycles. The van der Waals surface area contributed by atoms with Crippen molar-refractivity contribution in [1.82, 2.24) is 5.32 Å². The van der Waals surface area contributed by atoms with Crippen LogP contribution in [0.4, 0.5) is 0 Å². The Morgan fingerprint density at radius 3 is 2.57 bits per heavy atom. The first-order valence-corrected chi connectivity index (χ1v) is 4.97. The minimum atomic E-state index is -0.791. The fraction of sp³-hybridized carbons (Fsp3) is 0.900. The monoisotopic (exact) mass is 201 g/mol. The van der Waals surface area contributed by atoms with E-state index in [0.29, 0.717) is 12.5 Å². The van der Waals surface area contributed by atoms with Gasteiger partial charge in [0.1, 0.15) is 6.04 Å². The van der Waals surface area contributed by atoms with Crippen LogP contribution < -0.4 is 5.32 Å². The topological polar surface area (TPSA) is 58.6 Å². The molecule has 0 saturated heterocycles. The van der Waals surface area contributed by atoms with E-state index in [2.05, 4.69) is 5.32 Å². The van der Waals surface area contributed by atoms with Crippen LogP contribution in [-0.4, -0.2) is 36.4 Å². The zero-order valence-electron chi connectivity index (χ0n) is 9.04. The van der Waals surface area contributed by atoms with Crippen molar-refractivity contribution >= 4 is 5.97 Å². The number of carbonyl (C=O) groups excluding carboxylic acids is 1. The lowest BCUT2D eigenvalue weighted by atomic mass is 10.1. The van der Waals surface area contributed by atoms with Gasteiger partial charge in [0.2, 0.25) is 0 Å². The Morgan fingerprint density at radius 2 is 2.21 bits per heavy atom. The molecule has 2 N–H and O–H groups in total. The molecule has 0 spiro atoms. The van der Waals surface area contributed by atoms with Crippen LogP contribution in [0.1, 0.15) is 26.7 Å². The molecule has 1 atom stereocenters. The van der Waals surface area contributed by atoms with Gasteiger partial charge in [-0.05, 0) is 32.6 Å². The molecular formula is C10H19NO3. The Morgan fingerprint density at radius 1 is 1.64 bits per heavy atom. The molecule has 14 heavy (non-hydrogen) atoms. The van der Waals surface area contributed by atoms with Crippen molar-refractivity contribution in [1.29, 1.82) is 0 Å². The number of rotatable bonds is 5. The SMILES string of the molecule is COC(=O)C(NCC(C)(C)O)C1CC1. The van der Waals surface area contributed by atoms with Gasteiger partial charge in [-0.3, -0.25) is 4.79 Å². The number of methoxy groups -OCH3 is 1. The molecule has 82 valence electrons. The lowest BCUT2D eigenvalue weighted by Crippen LogP contribution is -2.46. The molecule has 0 aromatic heterocycles. The van der Waals surface area contributed by atoms with E-state index in [4.69, 9.17) is 4.74 Å². The predicted molar refractivity (Wildman–Crippen MR) is 52.8 cm³/mol. The van der Waals surface area contributed by atoms with Crippen LogP contribution >= 0.6 is 0 Å². The summed E-state index contributed by atoms with van der Waals surface area (Å²) in [6.07, 6.45) is 2.14. The minimum Gasteiger partial charge on any atom is -0.468 e. The standard InChI is InChI=1S/C10H19NO3/c1-10(2,13)6-11-8(7-4-5-7)9(12)14-3/h7-8,11,13H,4-6H2,1-3H3. The maximum absolute atomic E-state index is 11.3. The first kappa shape index (κ1) is 11.5. The predicted octanol–water partition coefficient (Wildman–Crippen LogP) is 0.298. The summed E-state index contributed by atoms with van der Waals surface area (Å²) in [5.41, 5.74) is -0.791. The summed E-state index contributed by atoms with van der Waals surface area (Å²) in [5, 5.41) is 12.6. The lowest BCUT2D eigenvalue weighted by Gasteiger charge is -2.22. The van der Waals surface area contributed by atoms with E-state index in [9.17, 15) is 9.90 Å². The van der Waals surface area contributed by atoms with Crippen molar-refractivity contribution in [3.8, 4) is 0 Å². The average molecular weight is 201 g/mol. The third kappa shape index (κ3) is 3.64. The fourth-order valence-electron chi connectivity index (χ4n) is 1.36. The Hall–Kier alpha value is -0.610. The van der Waals surface area contributed by atoms with Crippen LogP contribution in [0.25, 0.3) is 0 Å². The van der Waals surface area contributed by atoms with Crippen molar-refractivity contribution in [2.45, 2.75) is 38.3 Å². The molecule has 1 unspecified atom stereocenters. The summed E-state index contributed by atoms with van der Waals surface area (Å²) in [6, 6.07) is -0.244. The van der Waals surface area contributed by atoms with Crippen LogP contribution in [0, 0.1) is 5.92 Å². The number of nitrogens with one attached hydrogen (secondary N) is 1. The van der Waals surface area contributed by atoms with E-state index < -0.39 is 5.60 Å². The number of carbonyl (C=O) groups is 1. The molecule has 0 bridgehead atoms. The Balaban J connectivity index is 2.40. The van der Waals surface area contributed by atoms with Gasteiger partial charge in [-0.25, -0.2) is 0 Å². The summed E-state index contributed by atoms with van der Waals surface area (Å²) in [4.78, 5) is 11.3. The van der Waals surface area contributed by atoms with Crippen LogP contribution in [0.2, 0.25) is 0 Å². The molecule has 1 rings (SSSR count). The zero-order valence-corrected chi connectivity index (χ0v) is 9.04. The second-order valence-electron chi connectivity index (χ2n) is 4.53. The van der Waals surface area contributed by atoms with E-state index in [1.165, 1.54) is 7.11 Å². The van der Waals surface area contributed by atoms with E-state index >= 15 is 0 Å². The van der Waals surface area contributed by atoms with Gasteiger partial charge in [-0.2, -0.15) is 0 Å². The van der Waals surface area contributed by atoms with Gasteiger partial charge >= 0.3 is 5.97 Å². The van der Waals surface area contributed by atoms with E-state index in [1.807, 2.05) is 0 Å². The molecule has 0 aromatic carbocycles. The van der Waals surface area contributed by atoms with Crippen molar-refractivity contribution in [2.24, 2.45) is 5.92 Å². The molecule has 1 aliphatic carbocycles. The number of ether oxygens (including phenoxy) is 1. The summed E-state index contributed by atoms with van der Waals surface area (Å²) >= 11 is 0. The van der Waals surface area contributed by atoms with E-state index in [0.717, 1.165) is 12.8 Å². The second kappa shape index (κ2) is 4.28. The molecule has 1 saturated carbocycles. The highest BCUT2D eigenvalue weighted by Crippen LogP contribution is 2.33. The van der Waals surface area contributed by atoms with Crippen molar-refractivity contribution < 1.29 is 14.6 Å². The zero-order chi connectivity index (χ0) is 10.8. The van der Waals surface area contributed by atoms with Gasteiger partial charge in [0, 0.05) is 6.54 Å². The van der Waals surface area contributed by atoms with Gasteiger partial charge in [0.05, 0.1) is 12.7 Å². The normalized spacial score (nSPS) is 19.1. The molecule has 1 fully saturated rings. The Labute approximate surface area is 84.6 Å². The van der Waals surface area contributed by atoms with Gasteiger partial charge in [-0.1, -0.05) is 0 Å². The highest BCUT2D eigenvalue weighted by atomic mass is 16.5. The molecule has 0 amide bonds. The van der Waals surface area contributed by atoms with Gasteiger partial charge in [-0.15, -0.1) is 0 Å². The van der Waals surface area contributed by atoms with Crippen LogP contribution in [-0.2, 0) is 9.53 Å². The average Bonchev–Trinajstić information content (AvgIpc) is 2.86. The fourth-order valence-corrected chi connectivity index (χ4v) is 1.36. The number of hydrogen-bond acceptors (Lipinski definition) is 4. The molecule has 4 heteroatoms. The first-order valence-electron chi connectivity index (χ1n) is 4.97. The third-order valence-corrected chi connectivity index (χ3v) is 2.30. The molecule has 4 nitrogen and oxygen atoms in total. The summed E-state index contributed by atoms with van der Waals surface area (Å²) in [5.74, 6) is 0.168. The highest BCUT2D eigenvalue weighted by Gasteiger charge is 2.37. The maximum atomic E-state index is 11.3. The summed E-state index contributed by atoms with van der Waals surface area (Å²) in [6.45, 7) is 3.83. The Bertz CT molecular complexity index is 206. The van der Waals surface area contributed by atoms with E-state index in [-0.39, 0.29) is 12.0 Å². The molecule has 1 aliphatic rings. The molecule has 0 aliphatic heterocycles. The van der Waals surface area contributed by atoms with Gasteiger partial charge < -0.3 is 15.2 Å².